The average molecular weight is 423 g/mol. The van der Waals surface area contributed by atoms with Crippen molar-refractivity contribution in [1.29, 1.82) is 0 Å². The van der Waals surface area contributed by atoms with Crippen LogP contribution in [0.3, 0.4) is 0 Å². The van der Waals surface area contributed by atoms with E-state index in [9.17, 15) is 4.39 Å². The second-order valence-corrected chi connectivity index (χ2v) is 8.07. The van der Waals surface area contributed by atoms with E-state index in [2.05, 4.69) is 97.9 Å². The number of benzene rings is 4. The van der Waals surface area contributed by atoms with E-state index < -0.39 is 0 Å². The molecule has 0 spiro atoms. The smallest absolute Gasteiger partial charge is 0.123 e. The van der Waals surface area contributed by atoms with Crippen LogP contribution < -0.4 is 4.74 Å². The molecule has 0 saturated carbocycles. The van der Waals surface area contributed by atoms with Gasteiger partial charge in [0.05, 0.1) is 0 Å². The van der Waals surface area contributed by atoms with E-state index >= 15 is 0 Å². The van der Waals surface area contributed by atoms with Gasteiger partial charge in [0.15, 0.2) is 0 Å². The highest BCUT2D eigenvalue weighted by molar-refractivity contribution is 5.69. The van der Waals surface area contributed by atoms with Crippen molar-refractivity contribution >= 4 is 12.2 Å². The lowest BCUT2D eigenvalue weighted by atomic mass is 9.93. The predicted octanol–water partition coefficient (Wildman–Crippen LogP) is 7.92. The fraction of sp³-hybridized carbons (Fsp3) is 0.133. The molecule has 0 N–H and O–H groups in total. The molecule has 4 aromatic carbocycles. The van der Waals surface area contributed by atoms with Gasteiger partial charge in [-0.25, -0.2) is 4.39 Å². The van der Waals surface area contributed by atoms with Crippen LogP contribution >= 0.6 is 0 Å². The van der Waals surface area contributed by atoms with Crippen molar-refractivity contribution in [2.24, 2.45) is 0 Å². The van der Waals surface area contributed by atoms with Gasteiger partial charge in [-0.05, 0) is 64.4 Å². The van der Waals surface area contributed by atoms with Crippen molar-refractivity contribution in [1.82, 2.24) is 0 Å². The maximum Gasteiger partial charge on any atom is 0.123 e. The maximum absolute atomic E-state index is 13.0. The minimum absolute atomic E-state index is 0.259. The van der Waals surface area contributed by atoms with Crippen molar-refractivity contribution in [3.8, 4) is 5.75 Å². The molecular weight excluding hydrogens is 395 g/mol. The minimum atomic E-state index is -0.259. The molecule has 4 rings (SSSR count). The van der Waals surface area contributed by atoms with Gasteiger partial charge in [0.1, 0.15) is 18.2 Å². The lowest BCUT2D eigenvalue weighted by Gasteiger charge is -2.12. The SMILES string of the molecule is C[C@@H](Cc1ccc(C=Cc2ccc(COc3ccc(F)cc3)cc2)cc1)c1ccccc1. The molecule has 2 heteroatoms. The molecule has 0 saturated heterocycles. The predicted molar refractivity (Wildman–Crippen MR) is 131 cm³/mol. The van der Waals surface area contributed by atoms with Crippen molar-refractivity contribution < 1.29 is 9.13 Å². The van der Waals surface area contributed by atoms with Crippen LogP contribution in [0.2, 0.25) is 0 Å². The summed E-state index contributed by atoms with van der Waals surface area (Å²) in [6.07, 6.45) is 5.29. The normalized spacial score (nSPS) is 12.1. The molecule has 1 nitrogen and oxygen atoms in total. The monoisotopic (exact) mass is 422 g/mol. The molecule has 160 valence electrons. The van der Waals surface area contributed by atoms with Crippen LogP contribution in [0, 0.1) is 5.82 Å². The lowest BCUT2D eigenvalue weighted by molar-refractivity contribution is 0.306. The Kier molecular flexibility index (Phi) is 7.14. The van der Waals surface area contributed by atoms with Crippen LogP contribution in [0.4, 0.5) is 4.39 Å². The summed E-state index contributed by atoms with van der Waals surface area (Å²) in [6.45, 7) is 2.73. The topological polar surface area (TPSA) is 9.23 Å². The van der Waals surface area contributed by atoms with Gasteiger partial charge in [-0.2, -0.15) is 0 Å². The zero-order valence-corrected chi connectivity index (χ0v) is 18.2. The Morgan fingerprint density at radius 2 is 1.25 bits per heavy atom. The van der Waals surface area contributed by atoms with E-state index in [0.29, 0.717) is 18.3 Å². The summed E-state index contributed by atoms with van der Waals surface area (Å²) < 4.78 is 18.7. The summed E-state index contributed by atoms with van der Waals surface area (Å²) in [7, 11) is 0. The van der Waals surface area contributed by atoms with E-state index in [1.165, 1.54) is 28.8 Å². The largest absolute Gasteiger partial charge is 0.489 e. The van der Waals surface area contributed by atoms with Gasteiger partial charge in [-0.3, -0.25) is 0 Å². The number of hydrogen-bond donors (Lipinski definition) is 0. The second-order valence-electron chi connectivity index (χ2n) is 8.07. The third-order valence-electron chi connectivity index (χ3n) is 5.56. The number of halogens is 1. The molecule has 4 aromatic rings. The summed E-state index contributed by atoms with van der Waals surface area (Å²) in [4.78, 5) is 0. The Morgan fingerprint density at radius 1 is 0.688 bits per heavy atom. The van der Waals surface area contributed by atoms with Gasteiger partial charge in [0.25, 0.3) is 0 Å². The molecule has 0 heterocycles. The molecule has 0 aliphatic heterocycles. The van der Waals surface area contributed by atoms with Crippen molar-refractivity contribution in [3.63, 3.8) is 0 Å². The third kappa shape index (κ3) is 6.18. The summed E-state index contributed by atoms with van der Waals surface area (Å²) in [6, 6.07) is 33.8. The Hall–Kier alpha value is -3.65. The third-order valence-corrected chi connectivity index (χ3v) is 5.56. The molecule has 32 heavy (non-hydrogen) atoms. The molecule has 0 bridgehead atoms. The first kappa shape index (κ1) is 21.6. The number of rotatable bonds is 8. The van der Waals surface area contributed by atoms with E-state index in [1.807, 2.05) is 0 Å². The highest BCUT2D eigenvalue weighted by atomic mass is 19.1. The van der Waals surface area contributed by atoms with Crippen LogP contribution in [0.15, 0.2) is 103 Å². The van der Waals surface area contributed by atoms with Gasteiger partial charge in [-0.1, -0.05) is 97.9 Å². The van der Waals surface area contributed by atoms with Crippen LogP contribution in [-0.2, 0) is 13.0 Å². The van der Waals surface area contributed by atoms with E-state index in [1.54, 1.807) is 12.1 Å². The number of ether oxygens (including phenoxy) is 1. The average Bonchev–Trinajstić information content (AvgIpc) is 2.84. The zero-order chi connectivity index (χ0) is 22.2. The minimum Gasteiger partial charge on any atom is -0.489 e. The van der Waals surface area contributed by atoms with Crippen molar-refractivity contribution in [2.75, 3.05) is 0 Å². The summed E-state index contributed by atoms with van der Waals surface area (Å²) in [5.41, 5.74) is 6.12. The molecule has 0 unspecified atom stereocenters. The Bertz CT molecular complexity index is 1130. The Morgan fingerprint density at radius 3 is 1.84 bits per heavy atom. The standard InChI is InChI=1S/C30H27FO/c1-23(28-5-3-2-4-6-28)21-26-13-9-24(10-14-26)7-8-25-11-15-27(16-12-25)22-32-30-19-17-29(31)18-20-30/h2-20,23H,21-22H2,1H3/t23-/m0/s1. The first-order chi connectivity index (χ1) is 15.7. The summed E-state index contributed by atoms with van der Waals surface area (Å²) in [5, 5.41) is 0. The molecule has 0 aliphatic carbocycles. The van der Waals surface area contributed by atoms with Crippen LogP contribution in [0.5, 0.6) is 5.75 Å². The second kappa shape index (κ2) is 10.6. The molecule has 0 aliphatic rings. The fourth-order valence-electron chi connectivity index (χ4n) is 3.63. The molecule has 1 atom stereocenters. The molecule has 0 radical (unpaired) electrons. The van der Waals surface area contributed by atoms with Crippen LogP contribution in [0.25, 0.3) is 12.2 Å². The van der Waals surface area contributed by atoms with Gasteiger partial charge in [0, 0.05) is 0 Å². The lowest BCUT2D eigenvalue weighted by Crippen LogP contribution is -1.98. The van der Waals surface area contributed by atoms with Gasteiger partial charge in [-0.15, -0.1) is 0 Å². The number of hydrogen-bond acceptors (Lipinski definition) is 1. The first-order valence-corrected chi connectivity index (χ1v) is 10.9. The van der Waals surface area contributed by atoms with Crippen LogP contribution in [0.1, 0.15) is 40.7 Å². The van der Waals surface area contributed by atoms with Gasteiger partial charge in [0.2, 0.25) is 0 Å². The Balaban J connectivity index is 1.30. The van der Waals surface area contributed by atoms with Crippen molar-refractivity contribution in [2.45, 2.75) is 25.9 Å². The van der Waals surface area contributed by atoms with E-state index in [0.717, 1.165) is 17.5 Å². The molecule has 0 fully saturated rings. The summed E-state index contributed by atoms with van der Waals surface area (Å²) >= 11 is 0. The van der Waals surface area contributed by atoms with E-state index in [-0.39, 0.29) is 5.82 Å². The van der Waals surface area contributed by atoms with Gasteiger partial charge < -0.3 is 4.74 Å². The van der Waals surface area contributed by atoms with Crippen LogP contribution in [-0.4, -0.2) is 0 Å². The summed E-state index contributed by atoms with van der Waals surface area (Å²) in [5.74, 6) is 0.907. The molecule has 0 aromatic heterocycles. The highest BCUT2D eigenvalue weighted by Gasteiger charge is 2.06. The maximum atomic E-state index is 13.0. The van der Waals surface area contributed by atoms with Crippen molar-refractivity contribution in [3.05, 3.63) is 137 Å². The zero-order valence-electron chi connectivity index (χ0n) is 18.2. The highest BCUT2D eigenvalue weighted by Crippen LogP contribution is 2.21. The Labute approximate surface area is 189 Å². The quantitative estimate of drug-likeness (QED) is 0.262. The fourth-order valence-corrected chi connectivity index (χ4v) is 3.63. The first-order valence-electron chi connectivity index (χ1n) is 10.9. The van der Waals surface area contributed by atoms with Gasteiger partial charge >= 0.3 is 0 Å². The molecule has 0 amide bonds. The van der Waals surface area contributed by atoms with E-state index in [4.69, 9.17) is 4.74 Å². The molecular formula is C30H27FO.